The van der Waals surface area contributed by atoms with Gasteiger partial charge in [-0.1, -0.05) is 19.1 Å². The van der Waals surface area contributed by atoms with E-state index < -0.39 is 0 Å². The molecule has 1 N–H and O–H groups in total. The molecule has 1 aliphatic heterocycles. The molecule has 0 saturated carbocycles. The third kappa shape index (κ3) is 5.64. The van der Waals surface area contributed by atoms with Crippen molar-refractivity contribution in [3.05, 3.63) is 53.6 Å². The Hall–Kier alpha value is -2.86. The first kappa shape index (κ1) is 22.8. The standard InChI is InChI=1S/C25H33N3O3/c1-5-27(18(2)3)17-19-9-11-20(12-10-19)25(30)26-21-13-14-23(31-4)22(16-21)28-15-7-6-8-24(28)29/h9-14,16,18H,5-8,15,17H2,1-4H3,(H,26,30). The highest BCUT2D eigenvalue weighted by molar-refractivity contribution is 6.05. The number of nitrogens with zero attached hydrogens (tertiary/aromatic N) is 2. The summed E-state index contributed by atoms with van der Waals surface area (Å²) in [7, 11) is 1.59. The fourth-order valence-corrected chi connectivity index (χ4v) is 3.90. The number of carbonyl (C=O) groups is 2. The molecule has 0 spiro atoms. The maximum atomic E-state index is 12.8. The number of hydrogen-bond acceptors (Lipinski definition) is 4. The second-order valence-electron chi connectivity index (χ2n) is 8.20. The van der Waals surface area contributed by atoms with Crippen LogP contribution >= 0.6 is 0 Å². The number of piperidine rings is 1. The molecule has 0 aromatic heterocycles. The lowest BCUT2D eigenvalue weighted by Crippen LogP contribution is -2.35. The fourth-order valence-electron chi connectivity index (χ4n) is 3.90. The summed E-state index contributed by atoms with van der Waals surface area (Å²) in [6, 6.07) is 13.6. The van der Waals surface area contributed by atoms with Crippen molar-refractivity contribution in [2.24, 2.45) is 0 Å². The van der Waals surface area contributed by atoms with Gasteiger partial charge in [-0.05, 0) is 69.1 Å². The van der Waals surface area contributed by atoms with Crippen LogP contribution in [-0.4, -0.2) is 43.0 Å². The zero-order valence-corrected chi connectivity index (χ0v) is 19.0. The molecular weight excluding hydrogens is 390 g/mol. The molecule has 1 aliphatic rings. The number of carbonyl (C=O) groups excluding carboxylic acids is 2. The molecule has 2 aromatic carbocycles. The lowest BCUT2D eigenvalue weighted by Gasteiger charge is -2.28. The van der Waals surface area contributed by atoms with Gasteiger partial charge in [0.1, 0.15) is 5.75 Å². The molecule has 0 radical (unpaired) electrons. The van der Waals surface area contributed by atoms with E-state index in [1.165, 1.54) is 5.56 Å². The number of ether oxygens (including phenoxy) is 1. The molecule has 0 bridgehead atoms. The third-order valence-corrected chi connectivity index (χ3v) is 5.79. The average Bonchev–Trinajstić information content (AvgIpc) is 2.78. The summed E-state index contributed by atoms with van der Waals surface area (Å²) in [5.74, 6) is 0.540. The minimum Gasteiger partial charge on any atom is -0.495 e. The van der Waals surface area contributed by atoms with Gasteiger partial charge in [0, 0.05) is 36.8 Å². The van der Waals surface area contributed by atoms with Crippen LogP contribution in [0, 0.1) is 0 Å². The number of nitrogens with one attached hydrogen (secondary N) is 1. The summed E-state index contributed by atoms with van der Waals surface area (Å²) >= 11 is 0. The van der Waals surface area contributed by atoms with Gasteiger partial charge in [-0.2, -0.15) is 0 Å². The van der Waals surface area contributed by atoms with Crippen molar-refractivity contribution < 1.29 is 14.3 Å². The van der Waals surface area contributed by atoms with Crippen molar-refractivity contribution in [2.75, 3.05) is 30.4 Å². The maximum absolute atomic E-state index is 12.8. The van der Waals surface area contributed by atoms with Gasteiger partial charge < -0.3 is 15.0 Å². The normalized spacial score (nSPS) is 14.3. The molecule has 166 valence electrons. The van der Waals surface area contributed by atoms with Crippen molar-refractivity contribution in [3.8, 4) is 5.75 Å². The van der Waals surface area contributed by atoms with Crippen LogP contribution < -0.4 is 15.0 Å². The van der Waals surface area contributed by atoms with E-state index in [1.807, 2.05) is 30.3 Å². The Morgan fingerprint density at radius 1 is 1.16 bits per heavy atom. The van der Waals surface area contributed by atoms with E-state index in [2.05, 4.69) is 31.0 Å². The van der Waals surface area contributed by atoms with Gasteiger partial charge in [0.05, 0.1) is 12.8 Å². The Bertz CT molecular complexity index is 909. The highest BCUT2D eigenvalue weighted by atomic mass is 16.5. The number of rotatable bonds is 8. The topological polar surface area (TPSA) is 61.9 Å². The van der Waals surface area contributed by atoms with Crippen molar-refractivity contribution in [1.29, 1.82) is 0 Å². The summed E-state index contributed by atoms with van der Waals surface area (Å²) in [5.41, 5.74) is 3.12. The molecule has 0 atom stereocenters. The number of anilines is 2. The highest BCUT2D eigenvalue weighted by Crippen LogP contribution is 2.33. The van der Waals surface area contributed by atoms with E-state index in [-0.39, 0.29) is 11.8 Å². The minimum atomic E-state index is -0.177. The van der Waals surface area contributed by atoms with Gasteiger partial charge in [0.2, 0.25) is 5.91 Å². The largest absolute Gasteiger partial charge is 0.495 e. The first-order valence-corrected chi connectivity index (χ1v) is 11.1. The number of benzene rings is 2. The van der Waals surface area contributed by atoms with E-state index in [1.54, 1.807) is 24.1 Å². The summed E-state index contributed by atoms with van der Waals surface area (Å²) in [6.45, 7) is 9.04. The van der Waals surface area contributed by atoms with Crippen molar-refractivity contribution in [2.45, 2.75) is 52.6 Å². The minimum absolute atomic E-state index is 0.0890. The van der Waals surface area contributed by atoms with E-state index in [0.717, 1.165) is 25.9 Å². The second kappa shape index (κ2) is 10.4. The first-order valence-electron chi connectivity index (χ1n) is 11.1. The molecule has 1 fully saturated rings. The van der Waals surface area contributed by atoms with Gasteiger partial charge >= 0.3 is 0 Å². The quantitative estimate of drug-likeness (QED) is 0.669. The Labute approximate surface area is 185 Å². The lowest BCUT2D eigenvalue weighted by molar-refractivity contribution is -0.119. The average molecular weight is 424 g/mol. The Morgan fingerprint density at radius 2 is 1.90 bits per heavy atom. The summed E-state index contributed by atoms with van der Waals surface area (Å²) in [6.07, 6.45) is 2.42. The van der Waals surface area contributed by atoms with Crippen LogP contribution in [0.3, 0.4) is 0 Å². The van der Waals surface area contributed by atoms with E-state index >= 15 is 0 Å². The number of methoxy groups -OCH3 is 1. The smallest absolute Gasteiger partial charge is 0.255 e. The molecule has 2 aromatic rings. The monoisotopic (exact) mass is 423 g/mol. The lowest BCUT2D eigenvalue weighted by atomic mass is 10.1. The molecule has 1 saturated heterocycles. The van der Waals surface area contributed by atoms with Crippen LogP contribution in [-0.2, 0) is 11.3 Å². The highest BCUT2D eigenvalue weighted by Gasteiger charge is 2.23. The summed E-state index contributed by atoms with van der Waals surface area (Å²) in [5, 5.41) is 2.95. The molecule has 3 rings (SSSR count). The van der Waals surface area contributed by atoms with Crippen molar-refractivity contribution in [3.63, 3.8) is 0 Å². The van der Waals surface area contributed by atoms with E-state index in [4.69, 9.17) is 4.74 Å². The van der Waals surface area contributed by atoms with Gasteiger partial charge in [-0.15, -0.1) is 0 Å². The molecule has 1 heterocycles. The maximum Gasteiger partial charge on any atom is 0.255 e. The van der Waals surface area contributed by atoms with Gasteiger partial charge in [-0.25, -0.2) is 0 Å². The second-order valence-corrected chi connectivity index (χ2v) is 8.20. The van der Waals surface area contributed by atoms with Crippen LogP contribution in [0.1, 0.15) is 56.0 Å². The fraction of sp³-hybridized carbons (Fsp3) is 0.440. The molecule has 2 amide bonds. The van der Waals surface area contributed by atoms with E-state index in [0.29, 0.717) is 41.7 Å². The SMILES string of the molecule is CCN(Cc1ccc(C(=O)Nc2ccc(OC)c(N3CCCCC3=O)c2)cc1)C(C)C. The van der Waals surface area contributed by atoms with Gasteiger partial charge in [0.25, 0.3) is 5.91 Å². The molecule has 6 heteroatoms. The van der Waals surface area contributed by atoms with Gasteiger partial charge in [0.15, 0.2) is 0 Å². The Kier molecular flexibility index (Phi) is 7.69. The van der Waals surface area contributed by atoms with Crippen LogP contribution in [0.4, 0.5) is 11.4 Å². The summed E-state index contributed by atoms with van der Waals surface area (Å²) < 4.78 is 5.45. The molecule has 6 nitrogen and oxygen atoms in total. The van der Waals surface area contributed by atoms with Crippen molar-refractivity contribution in [1.82, 2.24) is 4.90 Å². The zero-order valence-electron chi connectivity index (χ0n) is 19.0. The molecular formula is C25H33N3O3. The Balaban J connectivity index is 1.72. The number of amides is 2. The van der Waals surface area contributed by atoms with Crippen molar-refractivity contribution >= 4 is 23.2 Å². The zero-order chi connectivity index (χ0) is 22.4. The van der Waals surface area contributed by atoms with Crippen LogP contribution in [0.25, 0.3) is 0 Å². The van der Waals surface area contributed by atoms with Crippen LogP contribution in [0.2, 0.25) is 0 Å². The molecule has 31 heavy (non-hydrogen) atoms. The van der Waals surface area contributed by atoms with Crippen LogP contribution in [0.5, 0.6) is 5.75 Å². The first-order chi connectivity index (χ1) is 14.9. The third-order valence-electron chi connectivity index (χ3n) is 5.79. The molecule has 0 aliphatic carbocycles. The molecule has 0 unspecified atom stereocenters. The Morgan fingerprint density at radius 3 is 2.52 bits per heavy atom. The number of hydrogen-bond donors (Lipinski definition) is 1. The van der Waals surface area contributed by atoms with Crippen LogP contribution in [0.15, 0.2) is 42.5 Å². The predicted molar refractivity (Wildman–Crippen MR) is 125 cm³/mol. The predicted octanol–water partition coefficient (Wildman–Crippen LogP) is 4.69. The van der Waals surface area contributed by atoms with E-state index in [9.17, 15) is 9.59 Å². The van der Waals surface area contributed by atoms with Gasteiger partial charge in [-0.3, -0.25) is 14.5 Å². The summed E-state index contributed by atoms with van der Waals surface area (Å²) in [4.78, 5) is 29.3.